The number of carbonyl (C=O) groups is 2. The lowest BCUT2D eigenvalue weighted by molar-refractivity contribution is 0.0167. The van der Waals surface area contributed by atoms with E-state index in [1.165, 1.54) is 0 Å². The van der Waals surface area contributed by atoms with Gasteiger partial charge in [-0.3, -0.25) is 0 Å². The average Bonchev–Trinajstić information content (AvgIpc) is 2.58. The minimum atomic E-state index is -0.464. The van der Waals surface area contributed by atoms with Gasteiger partial charge in [0.15, 0.2) is 0 Å². The second-order valence-electron chi connectivity index (χ2n) is 6.34. The van der Waals surface area contributed by atoms with E-state index < -0.39 is 11.9 Å². The van der Waals surface area contributed by atoms with E-state index in [1.807, 2.05) is 20.8 Å². The number of rotatable bonds is 10. The fourth-order valence-corrected chi connectivity index (χ4v) is 2.50. The van der Waals surface area contributed by atoms with Gasteiger partial charge in [0, 0.05) is 0 Å². The minimum Gasteiger partial charge on any atom is -0.462 e. The monoisotopic (exact) mass is 334 g/mol. The van der Waals surface area contributed by atoms with Crippen LogP contribution in [-0.4, -0.2) is 24.6 Å². The van der Waals surface area contributed by atoms with Crippen LogP contribution in [0.25, 0.3) is 0 Å². The first-order valence-electron chi connectivity index (χ1n) is 8.98. The van der Waals surface area contributed by atoms with Crippen molar-refractivity contribution in [2.24, 2.45) is 5.92 Å². The lowest BCUT2D eigenvalue weighted by Gasteiger charge is -2.20. The molecule has 1 atom stereocenters. The van der Waals surface area contributed by atoms with Crippen LogP contribution < -0.4 is 0 Å². The molecular formula is C20H30O4. The Balaban J connectivity index is 2.73. The molecule has 0 aliphatic carbocycles. The molecule has 0 spiro atoms. The van der Waals surface area contributed by atoms with Gasteiger partial charge in [0.25, 0.3) is 0 Å². The van der Waals surface area contributed by atoms with E-state index in [0.29, 0.717) is 6.61 Å². The van der Waals surface area contributed by atoms with Gasteiger partial charge in [-0.1, -0.05) is 59.1 Å². The van der Waals surface area contributed by atoms with Crippen LogP contribution in [-0.2, 0) is 9.47 Å². The number of carbonyl (C=O) groups excluding carboxylic acids is 2. The zero-order valence-corrected chi connectivity index (χ0v) is 15.3. The molecule has 0 radical (unpaired) electrons. The predicted molar refractivity (Wildman–Crippen MR) is 95.2 cm³/mol. The summed E-state index contributed by atoms with van der Waals surface area (Å²) in [7, 11) is 0. The number of ether oxygens (including phenoxy) is 2. The molecule has 4 heteroatoms. The van der Waals surface area contributed by atoms with E-state index in [1.54, 1.807) is 24.3 Å². The first-order chi connectivity index (χ1) is 11.5. The molecule has 0 amide bonds. The summed E-state index contributed by atoms with van der Waals surface area (Å²) in [5.41, 5.74) is 0.548. The molecule has 1 aromatic rings. The van der Waals surface area contributed by atoms with Gasteiger partial charge < -0.3 is 9.47 Å². The molecule has 0 fully saturated rings. The Hall–Kier alpha value is -1.84. The van der Waals surface area contributed by atoms with Crippen molar-refractivity contribution in [3.63, 3.8) is 0 Å². The highest BCUT2D eigenvalue weighted by atomic mass is 16.5. The fraction of sp³-hybridized carbons (Fsp3) is 0.600. The summed E-state index contributed by atoms with van der Waals surface area (Å²) in [6, 6.07) is 6.68. The van der Waals surface area contributed by atoms with Crippen LogP contribution in [0.1, 0.15) is 80.5 Å². The Morgan fingerprint density at radius 3 is 2.12 bits per heavy atom. The Morgan fingerprint density at radius 2 is 1.58 bits per heavy atom. The molecule has 0 saturated carbocycles. The molecule has 0 saturated heterocycles. The smallest absolute Gasteiger partial charge is 0.339 e. The van der Waals surface area contributed by atoms with Crippen LogP contribution in [0, 0.1) is 5.92 Å². The SMILES string of the molecule is CCCCCCOC(=O)c1ccccc1C(=O)OC(CC)C(C)C. The highest BCUT2D eigenvalue weighted by Crippen LogP contribution is 2.17. The van der Waals surface area contributed by atoms with E-state index in [9.17, 15) is 9.59 Å². The number of hydrogen-bond donors (Lipinski definition) is 0. The molecule has 4 nitrogen and oxygen atoms in total. The maximum atomic E-state index is 12.4. The third kappa shape index (κ3) is 6.34. The molecule has 24 heavy (non-hydrogen) atoms. The normalized spacial score (nSPS) is 12.0. The second kappa shape index (κ2) is 10.8. The van der Waals surface area contributed by atoms with Crippen molar-refractivity contribution in [3.05, 3.63) is 35.4 Å². The first-order valence-corrected chi connectivity index (χ1v) is 8.98. The molecule has 0 aliphatic rings. The van der Waals surface area contributed by atoms with Crippen LogP contribution in [0.4, 0.5) is 0 Å². The molecule has 1 rings (SSSR count). The van der Waals surface area contributed by atoms with Crippen molar-refractivity contribution in [2.75, 3.05) is 6.61 Å². The van der Waals surface area contributed by atoms with Crippen molar-refractivity contribution in [2.45, 2.75) is 65.9 Å². The van der Waals surface area contributed by atoms with Crippen LogP contribution in [0.3, 0.4) is 0 Å². The summed E-state index contributed by atoms with van der Waals surface area (Å²) >= 11 is 0. The maximum absolute atomic E-state index is 12.4. The summed E-state index contributed by atoms with van der Waals surface area (Å²) in [5.74, 6) is -0.692. The van der Waals surface area contributed by atoms with Crippen LogP contribution in [0.2, 0.25) is 0 Å². The van der Waals surface area contributed by atoms with Gasteiger partial charge in [-0.2, -0.15) is 0 Å². The number of benzene rings is 1. The van der Waals surface area contributed by atoms with Crippen molar-refractivity contribution in [3.8, 4) is 0 Å². The summed E-state index contributed by atoms with van der Waals surface area (Å²) in [5, 5.41) is 0. The predicted octanol–water partition coefficient (Wildman–Crippen LogP) is 5.02. The highest BCUT2D eigenvalue weighted by molar-refractivity contribution is 6.03. The van der Waals surface area contributed by atoms with Gasteiger partial charge in [-0.25, -0.2) is 9.59 Å². The molecule has 0 N–H and O–H groups in total. The maximum Gasteiger partial charge on any atom is 0.339 e. The Bertz CT molecular complexity index is 522. The number of hydrogen-bond acceptors (Lipinski definition) is 4. The number of esters is 2. The molecular weight excluding hydrogens is 304 g/mol. The highest BCUT2D eigenvalue weighted by Gasteiger charge is 2.22. The van der Waals surface area contributed by atoms with Crippen LogP contribution in [0.5, 0.6) is 0 Å². The Kier molecular flexibility index (Phi) is 9.13. The second-order valence-corrected chi connectivity index (χ2v) is 6.34. The Morgan fingerprint density at radius 1 is 0.958 bits per heavy atom. The molecule has 1 aromatic carbocycles. The summed E-state index contributed by atoms with van der Waals surface area (Å²) in [6.45, 7) is 8.52. The number of unbranched alkanes of at least 4 members (excludes halogenated alkanes) is 3. The summed E-state index contributed by atoms with van der Waals surface area (Å²) < 4.78 is 10.8. The van der Waals surface area contributed by atoms with E-state index in [2.05, 4.69) is 6.92 Å². The van der Waals surface area contributed by atoms with Gasteiger partial charge in [0.2, 0.25) is 0 Å². The van der Waals surface area contributed by atoms with E-state index in [0.717, 1.165) is 32.1 Å². The summed E-state index contributed by atoms with van der Waals surface area (Å²) in [4.78, 5) is 24.7. The third-order valence-corrected chi connectivity index (χ3v) is 4.00. The molecule has 0 aromatic heterocycles. The fourth-order valence-electron chi connectivity index (χ4n) is 2.50. The van der Waals surface area contributed by atoms with Crippen molar-refractivity contribution in [1.29, 1.82) is 0 Å². The first kappa shape index (κ1) is 20.2. The van der Waals surface area contributed by atoms with Crippen molar-refractivity contribution < 1.29 is 19.1 Å². The summed E-state index contributed by atoms with van der Waals surface area (Å²) in [6.07, 6.45) is 4.74. The van der Waals surface area contributed by atoms with Crippen LogP contribution in [0.15, 0.2) is 24.3 Å². The largest absolute Gasteiger partial charge is 0.462 e. The van der Waals surface area contributed by atoms with Gasteiger partial charge in [0.05, 0.1) is 17.7 Å². The lowest BCUT2D eigenvalue weighted by Crippen LogP contribution is -2.24. The van der Waals surface area contributed by atoms with Gasteiger partial charge in [-0.15, -0.1) is 0 Å². The molecule has 0 heterocycles. The topological polar surface area (TPSA) is 52.6 Å². The van der Waals surface area contributed by atoms with Gasteiger partial charge >= 0.3 is 11.9 Å². The molecule has 134 valence electrons. The van der Waals surface area contributed by atoms with E-state index in [-0.39, 0.29) is 23.1 Å². The van der Waals surface area contributed by atoms with Crippen molar-refractivity contribution >= 4 is 11.9 Å². The van der Waals surface area contributed by atoms with Gasteiger partial charge in [0.1, 0.15) is 6.10 Å². The van der Waals surface area contributed by atoms with Crippen LogP contribution >= 0.6 is 0 Å². The minimum absolute atomic E-state index is 0.157. The van der Waals surface area contributed by atoms with E-state index in [4.69, 9.17) is 9.47 Å². The third-order valence-electron chi connectivity index (χ3n) is 4.00. The zero-order valence-electron chi connectivity index (χ0n) is 15.3. The quantitative estimate of drug-likeness (QED) is 0.445. The average molecular weight is 334 g/mol. The van der Waals surface area contributed by atoms with E-state index >= 15 is 0 Å². The van der Waals surface area contributed by atoms with Gasteiger partial charge in [-0.05, 0) is 30.9 Å². The Labute approximate surface area is 145 Å². The molecule has 0 bridgehead atoms. The zero-order chi connectivity index (χ0) is 17.9. The molecule has 1 unspecified atom stereocenters. The lowest BCUT2D eigenvalue weighted by atomic mass is 10.0. The van der Waals surface area contributed by atoms with Crippen molar-refractivity contribution in [1.82, 2.24) is 0 Å². The standard InChI is InChI=1S/C20H30O4/c1-5-7-8-11-14-23-19(21)16-12-9-10-13-17(16)20(22)24-18(6-2)15(3)4/h9-10,12-13,15,18H,5-8,11,14H2,1-4H3. The molecule has 0 aliphatic heterocycles.